The first-order valence-corrected chi connectivity index (χ1v) is 9.17. The molecule has 132 valence electrons. The Kier molecular flexibility index (Phi) is 4.53. The molecule has 4 heterocycles. The molecule has 1 saturated heterocycles. The minimum absolute atomic E-state index is 0.0410. The van der Waals surface area contributed by atoms with E-state index in [1.54, 1.807) is 6.20 Å². The van der Waals surface area contributed by atoms with Gasteiger partial charge in [0.05, 0.1) is 5.69 Å². The van der Waals surface area contributed by atoms with E-state index in [1.807, 2.05) is 12.3 Å². The van der Waals surface area contributed by atoms with E-state index in [1.165, 1.54) is 12.0 Å². The van der Waals surface area contributed by atoms with Crippen LogP contribution in [0.15, 0.2) is 29.3 Å². The van der Waals surface area contributed by atoms with Crippen molar-refractivity contribution >= 4 is 5.95 Å². The van der Waals surface area contributed by atoms with Gasteiger partial charge in [-0.3, -0.25) is 19.7 Å². The fourth-order valence-corrected chi connectivity index (χ4v) is 3.90. The van der Waals surface area contributed by atoms with E-state index in [2.05, 4.69) is 32.8 Å². The Hall–Kier alpha value is -2.21. The summed E-state index contributed by atoms with van der Waals surface area (Å²) >= 11 is 0. The van der Waals surface area contributed by atoms with Crippen molar-refractivity contribution < 1.29 is 0 Å². The van der Waals surface area contributed by atoms with Gasteiger partial charge >= 0.3 is 0 Å². The van der Waals surface area contributed by atoms with Crippen LogP contribution in [0.25, 0.3) is 0 Å². The van der Waals surface area contributed by atoms with Crippen LogP contribution in [-0.4, -0.2) is 39.5 Å². The van der Waals surface area contributed by atoms with E-state index in [0.29, 0.717) is 5.92 Å². The van der Waals surface area contributed by atoms with Gasteiger partial charge in [-0.25, -0.2) is 4.98 Å². The van der Waals surface area contributed by atoms with Crippen molar-refractivity contribution in [3.8, 4) is 0 Å². The molecule has 0 aliphatic carbocycles. The Morgan fingerprint density at radius 2 is 2.28 bits per heavy atom. The summed E-state index contributed by atoms with van der Waals surface area (Å²) in [7, 11) is 0. The largest absolute Gasteiger partial charge is 0.342 e. The average Bonchev–Trinajstić information content (AvgIpc) is 2.62. The van der Waals surface area contributed by atoms with E-state index in [4.69, 9.17) is 4.98 Å². The lowest BCUT2D eigenvalue weighted by Gasteiger charge is -2.33. The number of pyridine rings is 1. The number of hydrogen-bond acceptors (Lipinski definition) is 5. The Morgan fingerprint density at radius 1 is 1.36 bits per heavy atom. The maximum Gasteiger partial charge on any atom is 0.255 e. The van der Waals surface area contributed by atoms with Crippen LogP contribution in [0.1, 0.15) is 36.6 Å². The Labute approximate surface area is 147 Å². The van der Waals surface area contributed by atoms with Crippen molar-refractivity contribution in [3.05, 3.63) is 51.7 Å². The molecule has 0 aromatic carbocycles. The molecule has 1 fully saturated rings. The van der Waals surface area contributed by atoms with Crippen LogP contribution in [0.3, 0.4) is 0 Å². The number of aromatic nitrogens is 3. The van der Waals surface area contributed by atoms with Crippen LogP contribution in [0.5, 0.6) is 0 Å². The van der Waals surface area contributed by atoms with Crippen LogP contribution in [0.2, 0.25) is 0 Å². The minimum Gasteiger partial charge on any atom is -0.342 e. The molecular formula is C19H25N5O. The summed E-state index contributed by atoms with van der Waals surface area (Å²) < 4.78 is 0. The maximum absolute atomic E-state index is 12.5. The standard InChI is InChI=1S/C19H25N5O/c1-14-4-3-8-24(11-14)19-21-17-13-23(9-6-16(17)18(25)22-19)12-15-5-2-7-20-10-15/h2,5,7,10,14H,3-4,6,8-9,11-13H2,1H3,(H,21,22,25). The Bertz CT molecular complexity index is 788. The molecule has 2 aromatic heterocycles. The van der Waals surface area contributed by atoms with Gasteiger partial charge in [-0.1, -0.05) is 13.0 Å². The van der Waals surface area contributed by atoms with Crippen LogP contribution in [0, 0.1) is 5.92 Å². The van der Waals surface area contributed by atoms with E-state index < -0.39 is 0 Å². The smallest absolute Gasteiger partial charge is 0.255 e. The van der Waals surface area contributed by atoms with Gasteiger partial charge in [0.25, 0.3) is 5.56 Å². The fraction of sp³-hybridized carbons (Fsp3) is 0.526. The Morgan fingerprint density at radius 3 is 3.08 bits per heavy atom. The van der Waals surface area contributed by atoms with Gasteiger partial charge in [0, 0.05) is 50.7 Å². The van der Waals surface area contributed by atoms with Crippen LogP contribution in [0.4, 0.5) is 5.95 Å². The number of nitrogens with one attached hydrogen (secondary N) is 1. The quantitative estimate of drug-likeness (QED) is 0.926. The third-order valence-electron chi connectivity index (χ3n) is 5.23. The van der Waals surface area contributed by atoms with Crippen molar-refractivity contribution in [3.63, 3.8) is 0 Å². The molecular weight excluding hydrogens is 314 g/mol. The lowest BCUT2D eigenvalue weighted by atomic mass is 10.0. The summed E-state index contributed by atoms with van der Waals surface area (Å²) in [6.45, 7) is 6.67. The number of aromatic amines is 1. The lowest BCUT2D eigenvalue weighted by Crippen LogP contribution is -2.39. The van der Waals surface area contributed by atoms with Crippen molar-refractivity contribution in [1.82, 2.24) is 19.9 Å². The molecule has 6 nitrogen and oxygen atoms in total. The van der Waals surface area contributed by atoms with Gasteiger partial charge in [0.2, 0.25) is 5.95 Å². The summed E-state index contributed by atoms with van der Waals surface area (Å²) in [6, 6.07) is 4.06. The van der Waals surface area contributed by atoms with Gasteiger partial charge in [0.1, 0.15) is 0 Å². The van der Waals surface area contributed by atoms with Crippen molar-refractivity contribution in [2.45, 2.75) is 39.3 Å². The Balaban J connectivity index is 1.55. The molecule has 2 aliphatic heterocycles. The molecule has 2 aliphatic rings. The molecule has 1 atom stereocenters. The van der Waals surface area contributed by atoms with Crippen molar-refractivity contribution in [2.75, 3.05) is 24.5 Å². The third-order valence-corrected chi connectivity index (χ3v) is 5.23. The second-order valence-electron chi connectivity index (χ2n) is 7.33. The molecule has 6 heteroatoms. The molecule has 25 heavy (non-hydrogen) atoms. The monoisotopic (exact) mass is 339 g/mol. The van der Waals surface area contributed by atoms with Gasteiger partial charge in [-0.2, -0.15) is 0 Å². The highest BCUT2D eigenvalue weighted by atomic mass is 16.1. The fourth-order valence-electron chi connectivity index (χ4n) is 3.90. The van der Waals surface area contributed by atoms with E-state index in [0.717, 1.165) is 62.8 Å². The number of fused-ring (bicyclic) bond motifs is 1. The first-order chi connectivity index (χ1) is 12.2. The average molecular weight is 339 g/mol. The van der Waals surface area contributed by atoms with Gasteiger partial charge in [-0.05, 0) is 36.8 Å². The van der Waals surface area contributed by atoms with Crippen molar-refractivity contribution in [1.29, 1.82) is 0 Å². The number of piperidine rings is 1. The first kappa shape index (κ1) is 16.3. The van der Waals surface area contributed by atoms with Crippen molar-refractivity contribution in [2.24, 2.45) is 5.92 Å². The van der Waals surface area contributed by atoms with E-state index >= 15 is 0 Å². The van der Waals surface area contributed by atoms with Gasteiger partial charge < -0.3 is 4.90 Å². The first-order valence-electron chi connectivity index (χ1n) is 9.17. The number of H-pyrrole nitrogens is 1. The molecule has 0 saturated carbocycles. The topological polar surface area (TPSA) is 65.1 Å². The zero-order valence-electron chi connectivity index (χ0n) is 14.7. The number of nitrogens with zero attached hydrogens (tertiary/aromatic N) is 4. The second kappa shape index (κ2) is 6.96. The maximum atomic E-state index is 12.5. The van der Waals surface area contributed by atoms with Gasteiger partial charge in [0.15, 0.2) is 0 Å². The summed E-state index contributed by atoms with van der Waals surface area (Å²) in [5.74, 6) is 1.40. The minimum atomic E-state index is 0.0410. The molecule has 0 amide bonds. The molecule has 0 radical (unpaired) electrons. The zero-order chi connectivity index (χ0) is 17.2. The highest BCUT2D eigenvalue weighted by Crippen LogP contribution is 2.22. The lowest BCUT2D eigenvalue weighted by molar-refractivity contribution is 0.240. The van der Waals surface area contributed by atoms with Crippen LogP contribution >= 0.6 is 0 Å². The van der Waals surface area contributed by atoms with E-state index in [-0.39, 0.29) is 5.56 Å². The molecule has 2 aromatic rings. The molecule has 1 unspecified atom stereocenters. The summed E-state index contributed by atoms with van der Waals surface area (Å²) in [4.78, 5) is 29.1. The van der Waals surface area contributed by atoms with Crippen LogP contribution < -0.4 is 10.5 Å². The molecule has 1 N–H and O–H groups in total. The number of rotatable bonds is 3. The molecule has 4 rings (SSSR count). The zero-order valence-corrected chi connectivity index (χ0v) is 14.7. The summed E-state index contributed by atoms with van der Waals surface area (Å²) in [5.41, 5.74) is 3.03. The highest BCUT2D eigenvalue weighted by molar-refractivity contribution is 5.35. The van der Waals surface area contributed by atoms with Crippen LogP contribution in [-0.2, 0) is 19.5 Å². The highest BCUT2D eigenvalue weighted by Gasteiger charge is 2.24. The SMILES string of the molecule is CC1CCCN(c2nc3c(c(=O)[nH]2)CCN(Cc2cccnc2)C3)C1. The molecule has 0 bridgehead atoms. The predicted molar refractivity (Wildman–Crippen MR) is 97.5 cm³/mol. The predicted octanol–water partition coefficient (Wildman–Crippen LogP) is 1.96. The summed E-state index contributed by atoms with van der Waals surface area (Å²) in [6.07, 6.45) is 6.87. The molecule has 0 spiro atoms. The second-order valence-corrected chi connectivity index (χ2v) is 7.33. The number of anilines is 1. The number of hydrogen-bond donors (Lipinski definition) is 1. The third kappa shape index (κ3) is 3.58. The summed E-state index contributed by atoms with van der Waals surface area (Å²) in [5, 5.41) is 0. The van der Waals surface area contributed by atoms with E-state index in [9.17, 15) is 4.79 Å². The van der Waals surface area contributed by atoms with Gasteiger partial charge in [-0.15, -0.1) is 0 Å². The normalized spacial score (nSPS) is 21.2.